The molecular formula is C13H7F2NO5. The minimum atomic E-state index is -1.30. The molecule has 1 N–H and O–H groups in total. The summed E-state index contributed by atoms with van der Waals surface area (Å²) in [6, 6.07) is 5.66. The summed E-state index contributed by atoms with van der Waals surface area (Å²) in [4.78, 5) is 20.2. The van der Waals surface area contributed by atoms with Crippen LogP contribution in [0.2, 0.25) is 0 Å². The summed E-state index contributed by atoms with van der Waals surface area (Å²) >= 11 is 0. The van der Waals surface area contributed by atoms with Crippen LogP contribution in [0.5, 0.6) is 11.5 Å². The largest absolute Gasteiger partial charge is 0.478 e. The van der Waals surface area contributed by atoms with Crippen molar-refractivity contribution in [3.63, 3.8) is 0 Å². The number of carboxylic acids is 1. The molecule has 0 bridgehead atoms. The maximum Gasteiger partial charge on any atom is 0.335 e. The predicted octanol–water partition coefficient (Wildman–Crippen LogP) is 3.36. The van der Waals surface area contributed by atoms with Gasteiger partial charge in [0.25, 0.3) is 0 Å². The second-order valence-electron chi connectivity index (χ2n) is 3.92. The van der Waals surface area contributed by atoms with Crippen LogP contribution in [0.3, 0.4) is 0 Å². The van der Waals surface area contributed by atoms with Crippen molar-refractivity contribution in [2.45, 2.75) is 0 Å². The SMILES string of the molecule is O=C(O)c1ccc(Oc2ccc([N+](=O)[O-])c(F)c2)c(F)c1. The van der Waals surface area contributed by atoms with Crippen molar-refractivity contribution in [1.82, 2.24) is 0 Å². The van der Waals surface area contributed by atoms with E-state index in [-0.39, 0.29) is 17.1 Å². The quantitative estimate of drug-likeness (QED) is 0.690. The summed E-state index contributed by atoms with van der Waals surface area (Å²) in [6.07, 6.45) is 0. The van der Waals surface area contributed by atoms with E-state index >= 15 is 0 Å². The highest BCUT2D eigenvalue weighted by Gasteiger charge is 2.16. The molecule has 2 aromatic carbocycles. The molecule has 2 rings (SSSR count). The van der Waals surface area contributed by atoms with E-state index in [9.17, 15) is 23.7 Å². The highest BCUT2D eigenvalue weighted by molar-refractivity contribution is 5.87. The Morgan fingerprint density at radius 1 is 1.14 bits per heavy atom. The fraction of sp³-hybridized carbons (Fsp3) is 0. The van der Waals surface area contributed by atoms with E-state index in [1.807, 2.05) is 0 Å². The molecule has 0 fully saturated rings. The Kier molecular flexibility index (Phi) is 3.79. The van der Waals surface area contributed by atoms with Crippen LogP contribution in [-0.2, 0) is 0 Å². The highest BCUT2D eigenvalue weighted by Crippen LogP contribution is 2.28. The van der Waals surface area contributed by atoms with Crippen LogP contribution in [-0.4, -0.2) is 16.0 Å². The normalized spacial score (nSPS) is 10.2. The van der Waals surface area contributed by atoms with Gasteiger partial charge in [-0.25, -0.2) is 9.18 Å². The number of hydrogen-bond donors (Lipinski definition) is 1. The van der Waals surface area contributed by atoms with Crippen molar-refractivity contribution >= 4 is 11.7 Å². The highest BCUT2D eigenvalue weighted by atomic mass is 19.1. The zero-order chi connectivity index (χ0) is 15.6. The molecule has 2 aromatic rings. The third kappa shape index (κ3) is 3.11. The number of aromatic carboxylic acids is 1. The first kappa shape index (κ1) is 14.4. The van der Waals surface area contributed by atoms with E-state index in [1.54, 1.807) is 0 Å². The lowest BCUT2D eigenvalue weighted by atomic mass is 10.2. The van der Waals surface area contributed by atoms with Crippen LogP contribution in [0.15, 0.2) is 36.4 Å². The summed E-state index contributed by atoms with van der Waals surface area (Å²) in [5.41, 5.74) is -1.00. The Morgan fingerprint density at radius 3 is 2.38 bits per heavy atom. The summed E-state index contributed by atoms with van der Waals surface area (Å²) in [5.74, 6) is -3.86. The van der Waals surface area contributed by atoms with Crippen molar-refractivity contribution in [2.24, 2.45) is 0 Å². The van der Waals surface area contributed by atoms with Gasteiger partial charge in [-0.15, -0.1) is 0 Å². The van der Waals surface area contributed by atoms with Gasteiger partial charge in [0.2, 0.25) is 5.82 Å². The molecule has 0 heterocycles. The number of carboxylic acid groups (broad SMARTS) is 1. The standard InChI is InChI=1S/C13H7F2NO5/c14-9-6-8(2-3-11(9)16(19)20)21-12-4-1-7(13(17)18)5-10(12)15/h1-6H,(H,17,18). The van der Waals surface area contributed by atoms with Gasteiger partial charge in [0.05, 0.1) is 10.5 Å². The summed E-state index contributed by atoms with van der Waals surface area (Å²) in [7, 11) is 0. The van der Waals surface area contributed by atoms with E-state index in [0.717, 1.165) is 36.4 Å². The molecule has 6 nitrogen and oxygen atoms in total. The first-order valence-corrected chi connectivity index (χ1v) is 5.53. The molecule has 0 saturated carbocycles. The molecule has 0 radical (unpaired) electrons. The number of hydrogen-bond acceptors (Lipinski definition) is 4. The number of nitro benzene ring substituents is 1. The third-order valence-electron chi connectivity index (χ3n) is 2.52. The van der Waals surface area contributed by atoms with E-state index in [1.165, 1.54) is 0 Å². The maximum absolute atomic E-state index is 13.6. The lowest BCUT2D eigenvalue weighted by Crippen LogP contribution is -1.98. The van der Waals surface area contributed by atoms with Crippen LogP contribution in [0.1, 0.15) is 10.4 Å². The topological polar surface area (TPSA) is 89.7 Å². The number of benzene rings is 2. The van der Waals surface area contributed by atoms with Gasteiger partial charge >= 0.3 is 11.7 Å². The molecular weight excluding hydrogens is 288 g/mol. The van der Waals surface area contributed by atoms with Crippen molar-refractivity contribution in [3.8, 4) is 11.5 Å². The summed E-state index contributed by atoms with van der Waals surface area (Å²) < 4.78 is 32.0. The lowest BCUT2D eigenvalue weighted by molar-refractivity contribution is -0.387. The summed E-state index contributed by atoms with van der Waals surface area (Å²) in [6.45, 7) is 0. The van der Waals surface area contributed by atoms with Gasteiger partial charge in [0.1, 0.15) is 5.75 Å². The molecule has 0 aromatic heterocycles. The van der Waals surface area contributed by atoms with Gasteiger partial charge in [0.15, 0.2) is 11.6 Å². The minimum absolute atomic E-state index is 0.153. The Hall–Kier alpha value is -3.03. The van der Waals surface area contributed by atoms with Crippen LogP contribution in [0, 0.1) is 21.7 Å². The second kappa shape index (κ2) is 5.53. The Morgan fingerprint density at radius 2 is 1.86 bits per heavy atom. The van der Waals surface area contributed by atoms with Gasteiger partial charge in [-0.05, 0) is 24.3 Å². The fourth-order valence-electron chi connectivity index (χ4n) is 1.54. The number of ether oxygens (including phenoxy) is 1. The molecule has 21 heavy (non-hydrogen) atoms. The predicted molar refractivity (Wildman–Crippen MR) is 66.5 cm³/mol. The average Bonchev–Trinajstić information content (AvgIpc) is 2.40. The molecule has 0 saturated heterocycles. The second-order valence-corrected chi connectivity index (χ2v) is 3.92. The molecule has 0 amide bonds. The number of halogens is 2. The molecule has 0 atom stereocenters. The average molecular weight is 295 g/mol. The Balaban J connectivity index is 2.28. The molecule has 108 valence electrons. The Bertz CT molecular complexity index is 732. The maximum atomic E-state index is 13.6. The first-order valence-electron chi connectivity index (χ1n) is 5.53. The zero-order valence-electron chi connectivity index (χ0n) is 10.2. The number of carbonyl (C=O) groups is 1. The van der Waals surface area contributed by atoms with E-state index in [4.69, 9.17) is 9.84 Å². The van der Waals surface area contributed by atoms with Crippen LogP contribution < -0.4 is 4.74 Å². The molecule has 8 heteroatoms. The lowest BCUT2D eigenvalue weighted by Gasteiger charge is -2.07. The zero-order valence-corrected chi connectivity index (χ0v) is 10.2. The number of nitrogens with zero attached hydrogens (tertiary/aromatic N) is 1. The molecule has 0 aliphatic rings. The van der Waals surface area contributed by atoms with Gasteiger partial charge < -0.3 is 9.84 Å². The Labute approximate surface area is 116 Å². The van der Waals surface area contributed by atoms with E-state index in [0.29, 0.717) is 0 Å². The number of rotatable bonds is 4. The molecule has 0 spiro atoms. The van der Waals surface area contributed by atoms with Crippen LogP contribution >= 0.6 is 0 Å². The smallest absolute Gasteiger partial charge is 0.335 e. The minimum Gasteiger partial charge on any atom is -0.478 e. The first-order chi connectivity index (χ1) is 9.88. The van der Waals surface area contributed by atoms with Gasteiger partial charge in [0, 0.05) is 12.1 Å². The fourth-order valence-corrected chi connectivity index (χ4v) is 1.54. The monoisotopic (exact) mass is 295 g/mol. The molecule has 0 aliphatic heterocycles. The van der Waals surface area contributed by atoms with Crippen molar-refractivity contribution in [3.05, 3.63) is 63.7 Å². The molecule has 0 aliphatic carbocycles. The van der Waals surface area contributed by atoms with Gasteiger partial charge in [-0.3, -0.25) is 10.1 Å². The molecule has 0 unspecified atom stereocenters. The summed E-state index contributed by atoms with van der Waals surface area (Å²) in [5, 5.41) is 19.1. The van der Waals surface area contributed by atoms with E-state index < -0.39 is 28.2 Å². The third-order valence-corrected chi connectivity index (χ3v) is 2.52. The van der Waals surface area contributed by atoms with Crippen molar-refractivity contribution in [2.75, 3.05) is 0 Å². The van der Waals surface area contributed by atoms with Crippen LogP contribution in [0.25, 0.3) is 0 Å². The number of nitro groups is 1. The van der Waals surface area contributed by atoms with E-state index in [2.05, 4.69) is 0 Å². The van der Waals surface area contributed by atoms with Crippen LogP contribution in [0.4, 0.5) is 14.5 Å². The van der Waals surface area contributed by atoms with Gasteiger partial charge in [-0.2, -0.15) is 4.39 Å². The van der Waals surface area contributed by atoms with Crippen molar-refractivity contribution in [1.29, 1.82) is 0 Å². The van der Waals surface area contributed by atoms with Gasteiger partial charge in [-0.1, -0.05) is 0 Å². The van der Waals surface area contributed by atoms with Crippen molar-refractivity contribution < 1.29 is 28.3 Å².